The fourth-order valence-corrected chi connectivity index (χ4v) is 0.832. The molecule has 0 aromatic carbocycles. The van der Waals surface area contributed by atoms with E-state index in [1.807, 2.05) is 0 Å². The molecule has 6 heteroatoms. The van der Waals surface area contributed by atoms with Gasteiger partial charge in [0.05, 0.1) is 11.8 Å². The molecule has 0 bridgehead atoms. The largest absolute Gasteiger partial charge is 0.459 e. The smallest absolute Gasteiger partial charge is 0.450 e. The summed E-state index contributed by atoms with van der Waals surface area (Å²) >= 11 is 4.86. The SMILES string of the molecule is O=C(Cl)c1ccoc1C(F)(F)F. The highest BCUT2D eigenvalue weighted by atomic mass is 35.5. The van der Waals surface area contributed by atoms with Gasteiger partial charge in [0, 0.05) is 0 Å². The van der Waals surface area contributed by atoms with Gasteiger partial charge >= 0.3 is 6.18 Å². The molecule has 0 aliphatic heterocycles. The van der Waals surface area contributed by atoms with Crippen LogP contribution in [-0.4, -0.2) is 5.24 Å². The van der Waals surface area contributed by atoms with Gasteiger partial charge in [-0.05, 0) is 17.7 Å². The lowest BCUT2D eigenvalue weighted by molar-refractivity contribution is -0.153. The first-order chi connectivity index (χ1) is 5.43. The topological polar surface area (TPSA) is 30.2 Å². The number of carbonyl (C=O) groups is 1. The number of furan rings is 1. The summed E-state index contributed by atoms with van der Waals surface area (Å²) in [6.45, 7) is 0. The Hall–Kier alpha value is -0.970. The highest BCUT2D eigenvalue weighted by Gasteiger charge is 2.38. The van der Waals surface area contributed by atoms with E-state index in [-0.39, 0.29) is 0 Å². The first kappa shape index (κ1) is 9.12. The lowest BCUT2D eigenvalue weighted by Gasteiger charge is -2.02. The van der Waals surface area contributed by atoms with Gasteiger partial charge in [0.25, 0.3) is 5.24 Å². The molecule has 0 atom stereocenters. The number of carbonyl (C=O) groups excluding carboxylic acids is 1. The molecule has 2 nitrogen and oxygen atoms in total. The van der Waals surface area contributed by atoms with Gasteiger partial charge in [0.1, 0.15) is 0 Å². The summed E-state index contributed by atoms with van der Waals surface area (Å²) in [5.41, 5.74) is -0.663. The summed E-state index contributed by atoms with van der Waals surface area (Å²) < 4.78 is 39.9. The molecular formula is C6H2ClF3O2. The first-order valence-electron chi connectivity index (χ1n) is 2.77. The maximum atomic E-state index is 11.9. The van der Waals surface area contributed by atoms with Crippen molar-refractivity contribution < 1.29 is 22.4 Å². The second-order valence-electron chi connectivity index (χ2n) is 1.93. The minimum absolute atomic E-state index is 0.663. The Bertz CT molecular complexity index is 302. The summed E-state index contributed by atoms with van der Waals surface area (Å²) in [6.07, 6.45) is -3.91. The molecule has 0 spiro atoms. The van der Waals surface area contributed by atoms with Gasteiger partial charge in [-0.1, -0.05) is 0 Å². The molecule has 66 valence electrons. The van der Waals surface area contributed by atoms with E-state index in [0.717, 1.165) is 12.3 Å². The van der Waals surface area contributed by atoms with Crippen LogP contribution in [0.15, 0.2) is 16.7 Å². The molecule has 1 aromatic heterocycles. The van der Waals surface area contributed by atoms with Crippen molar-refractivity contribution in [3.8, 4) is 0 Å². The first-order valence-corrected chi connectivity index (χ1v) is 3.15. The fourth-order valence-electron chi connectivity index (χ4n) is 0.684. The van der Waals surface area contributed by atoms with Crippen molar-refractivity contribution in [3.05, 3.63) is 23.7 Å². The van der Waals surface area contributed by atoms with Gasteiger partial charge in [-0.15, -0.1) is 0 Å². The molecule has 0 N–H and O–H groups in total. The summed E-state index contributed by atoms with van der Waals surface area (Å²) in [7, 11) is 0. The Morgan fingerprint density at radius 3 is 2.42 bits per heavy atom. The Balaban J connectivity index is 3.17. The van der Waals surface area contributed by atoms with E-state index in [0.29, 0.717) is 0 Å². The normalized spacial score (nSPS) is 11.7. The second-order valence-corrected chi connectivity index (χ2v) is 2.28. The molecule has 1 heterocycles. The van der Waals surface area contributed by atoms with Gasteiger partial charge < -0.3 is 4.42 Å². The molecule has 0 aliphatic rings. The lowest BCUT2D eigenvalue weighted by atomic mass is 10.3. The summed E-state index contributed by atoms with van der Waals surface area (Å²) in [6, 6.07) is 0.873. The molecule has 12 heavy (non-hydrogen) atoms. The second kappa shape index (κ2) is 2.82. The molecule has 0 fully saturated rings. The highest BCUT2D eigenvalue weighted by Crippen LogP contribution is 2.33. The Morgan fingerprint density at radius 1 is 1.50 bits per heavy atom. The van der Waals surface area contributed by atoms with E-state index in [4.69, 9.17) is 11.6 Å². The van der Waals surface area contributed by atoms with Crippen LogP contribution in [0, 0.1) is 0 Å². The monoisotopic (exact) mass is 198 g/mol. The van der Waals surface area contributed by atoms with Crippen LogP contribution >= 0.6 is 11.6 Å². The highest BCUT2D eigenvalue weighted by molar-refractivity contribution is 6.67. The molecular weight excluding hydrogens is 197 g/mol. The van der Waals surface area contributed by atoms with E-state index in [2.05, 4.69) is 4.42 Å². The maximum Gasteiger partial charge on any atom is 0.450 e. The van der Waals surface area contributed by atoms with Crippen LogP contribution in [0.5, 0.6) is 0 Å². The van der Waals surface area contributed by atoms with Crippen molar-refractivity contribution in [2.24, 2.45) is 0 Å². The molecule has 0 aliphatic carbocycles. The van der Waals surface area contributed by atoms with Crippen molar-refractivity contribution in [2.75, 3.05) is 0 Å². The summed E-state index contributed by atoms with van der Waals surface area (Å²) in [5, 5.41) is -1.18. The predicted octanol–water partition coefficient (Wildman–Crippen LogP) is 2.68. The third-order valence-corrected chi connectivity index (χ3v) is 1.34. The van der Waals surface area contributed by atoms with Crippen LogP contribution in [-0.2, 0) is 6.18 Å². The number of rotatable bonds is 1. The molecule has 1 rings (SSSR count). The lowest BCUT2D eigenvalue weighted by Crippen LogP contribution is -2.07. The molecule has 1 aromatic rings. The molecule has 0 amide bonds. The zero-order valence-corrected chi connectivity index (χ0v) is 6.24. The third-order valence-electron chi connectivity index (χ3n) is 1.13. The Morgan fingerprint density at radius 2 is 2.08 bits per heavy atom. The standard InChI is InChI=1S/C6H2ClF3O2/c7-5(11)3-1-2-12-4(3)6(8,9)10/h1-2H. The number of halogens is 4. The van der Waals surface area contributed by atoms with Gasteiger partial charge in [-0.25, -0.2) is 0 Å². The van der Waals surface area contributed by atoms with Crippen molar-refractivity contribution in [2.45, 2.75) is 6.18 Å². The van der Waals surface area contributed by atoms with Gasteiger partial charge in [0.2, 0.25) is 5.76 Å². The van der Waals surface area contributed by atoms with Crippen LogP contribution in [0.4, 0.5) is 13.2 Å². The van der Waals surface area contributed by atoms with E-state index >= 15 is 0 Å². The zero-order chi connectivity index (χ0) is 9.35. The maximum absolute atomic E-state index is 11.9. The number of alkyl halides is 3. The van der Waals surface area contributed by atoms with Crippen molar-refractivity contribution >= 4 is 16.8 Å². The fraction of sp³-hybridized carbons (Fsp3) is 0.167. The molecule has 0 saturated heterocycles. The summed E-state index contributed by atoms with van der Waals surface area (Å²) in [4.78, 5) is 10.4. The van der Waals surface area contributed by atoms with E-state index in [1.165, 1.54) is 0 Å². The predicted molar refractivity (Wildman–Crippen MR) is 33.9 cm³/mol. The van der Waals surface area contributed by atoms with E-state index < -0.39 is 22.7 Å². The molecule has 0 radical (unpaired) electrons. The van der Waals surface area contributed by atoms with Crippen LogP contribution < -0.4 is 0 Å². The average molecular weight is 199 g/mol. The molecule has 0 unspecified atom stereocenters. The van der Waals surface area contributed by atoms with Crippen molar-refractivity contribution in [3.63, 3.8) is 0 Å². The van der Waals surface area contributed by atoms with Crippen LogP contribution in [0.1, 0.15) is 16.1 Å². The van der Waals surface area contributed by atoms with Gasteiger partial charge in [0.15, 0.2) is 0 Å². The molecule has 0 saturated carbocycles. The van der Waals surface area contributed by atoms with E-state index in [1.54, 1.807) is 0 Å². The van der Waals surface area contributed by atoms with Crippen molar-refractivity contribution in [1.82, 2.24) is 0 Å². The van der Waals surface area contributed by atoms with Crippen molar-refractivity contribution in [1.29, 1.82) is 0 Å². The average Bonchev–Trinajstić information content (AvgIpc) is 2.30. The number of hydrogen-bond donors (Lipinski definition) is 0. The van der Waals surface area contributed by atoms with Gasteiger partial charge in [-0.3, -0.25) is 4.79 Å². The Kier molecular flexibility index (Phi) is 2.14. The van der Waals surface area contributed by atoms with E-state index in [9.17, 15) is 18.0 Å². The van der Waals surface area contributed by atoms with Crippen LogP contribution in [0.25, 0.3) is 0 Å². The zero-order valence-electron chi connectivity index (χ0n) is 5.48. The minimum Gasteiger partial charge on any atom is -0.459 e. The van der Waals surface area contributed by atoms with Crippen LogP contribution in [0.3, 0.4) is 0 Å². The quantitative estimate of drug-likeness (QED) is 0.650. The number of hydrogen-bond acceptors (Lipinski definition) is 2. The van der Waals surface area contributed by atoms with Gasteiger partial charge in [-0.2, -0.15) is 13.2 Å². The third kappa shape index (κ3) is 1.61. The minimum atomic E-state index is -4.68. The van der Waals surface area contributed by atoms with Crippen LogP contribution in [0.2, 0.25) is 0 Å². The summed E-state index contributed by atoms with van der Waals surface area (Å²) in [5.74, 6) is -1.36. The Labute approximate surface area is 69.9 Å².